The summed E-state index contributed by atoms with van der Waals surface area (Å²) < 4.78 is 40.3. The number of hydrogen-bond acceptors (Lipinski definition) is 3. The Labute approximate surface area is 109 Å². The van der Waals surface area contributed by atoms with Gasteiger partial charge in [0.2, 0.25) is 0 Å². The first-order valence-electron chi connectivity index (χ1n) is 6.30. The number of hydrogen-bond donors (Lipinski definition) is 2. The number of anilines is 1. The number of nitrogens with one attached hydrogen (secondary N) is 1. The zero-order valence-electron chi connectivity index (χ0n) is 10.4. The maximum absolute atomic E-state index is 12.1. The molecule has 1 aromatic rings. The summed E-state index contributed by atoms with van der Waals surface area (Å²) in [6.45, 7) is 0.594. The van der Waals surface area contributed by atoms with Gasteiger partial charge < -0.3 is 15.8 Å². The third-order valence-corrected chi connectivity index (χ3v) is 3.38. The van der Waals surface area contributed by atoms with Gasteiger partial charge in [-0.1, -0.05) is 12.5 Å². The van der Waals surface area contributed by atoms with Gasteiger partial charge in [0.25, 0.3) is 0 Å². The van der Waals surface area contributed by atoms with Gasteiger partial charge in [-0.05, 0) is 37.4 Å². The van der Waals surface area contributed by atoms with Crippen LogP contribution in [0.25, 0.3) is 0 Å². The second-order valence-corrected chi connectivity index (χ2v) is 4.75. The highest BCUT2D eigenvalue weighted by Crippen LogP contribution is 2.30. The fourth-order valence-corrected chi connectivity index (χ4v) is 2.51. The van der Waals surface area contributed by atoms with E-state index in [0.717, 1.165) is 19.3 Å². The first-order valence-corrected chi connectivity index (χ1v) is 6.30. The number of halogens is 3. The molecule has 1 aromatic carbocycles. The SMILES string of the molecule is NCC1CCCC1Nc1cccc(OC(F)(F)F)c1. The predicted molar refractivity (Wildman–Crippen MR) is 66.9 cm³/mol. The summed E-state index contributed by atoms with van der Waals surface area (Å²) in [5.41, 5.74) is 6.31. The van der Waals surface area contributed by atoms with Crippen LogP contribution in [0, 0.1) is 5.92 Å². The van der Waals surface area contributed by atoms with Crippen LogP contribution in [0.2, 0.25) is 0 Å². The van der Waals surface area contributed by atoms with Crippen molar-refractivity contribution in [1.29, 1.82) is 0 Å². The fraction of sp³-hybridized carbons (Fsp3) is 0.538. The van der Waals surface area contributed by atoms with Crippen LogP contribution in [-0.4, -0.2) is 18.9 Å². The number of ether oxygens (including phenoxy) is 1. The van der Waals surface area contributed by atoms with E-state index in [9.17, 15) is 13.2 Å². The lowest BCUT2D eigenvalue weighted by molar-refractivity contribution is -0.274. The number of benzene rings is 1. The Morgan fingerprint density at radius 3 is 2.79 bits per heavy atom. The molecule has 0 heterocycles. The van der Waals surface area contributed by atoms with Crippen LogP contribution in [0.15, 0.2) is 24.3 Å². The van der Waals surface area contributed by atoms with Crippen molar-refractivity contribution < 1.29 is 17.9 Å². The maximum atomic E-state index is 12.1. The van der Waals surface area contributed by atoms with Gasteiger partial charge in [-0.2, -0.15) is 0 Å². The minimum atomic E-state index is -4.66. The molecular formula is C13H17F3N2O. The normalized spacial score (nSPS) is 23.4. The molecule has 0 bridgehead atoms. The molecule has 6 heteroatoms. The smallest absolute Gasteiger partial charge is 0.406 e. The van der Waals surface area contributed by atoms with E-state index in [2.05, 4.69) is 10.1 Å². The Balaban J connectivity index is 2.02. The molecule has 2 atom stereocenters. The second kappa shape index (κ2) is 5.69. The predicted octanol–water partition coefficient (Wildman–Crippen LogP) is 3.12. The Morgan fingerprint density at radius 1 is 1.32 bits per heavy atom. The van der Waals surface area contributed by atoms with Crippen molar-refractivity contribution in [2.45, 2.75) is 31.7 Å². The highest BCUT2D eigenvalue weighted by Gasteiger charge is 2.31. The lowest BCUT2D eigenvalue weighted by atomic mass is 10.0. The molecule has 0 radical (unpaired) electrons. The molecule has 0 saturated heterocycles. The second-order valence-electron chi connectivity index (χ2n) is 4.75. The lowest BCUT2D eigenvalue weighted by Crippen LogP contribution is -2.29. The van der Waals surface area contributed by atoms with Crippen molar-refractivity contribution in [3.63, 3.8) is 0 Å². The molecule has 0 amide bonds. The number of alkyl halides is 3. The topological polar surface area (TPSA) is 47.3 Å². The van der Waals surface area contributed by atoms with Crippen LogP contribution < -0.4 is 15.8 Å². The van der Waals surface area contributed by atoms with E-state index in [4.69, 9.17) is 5.73 Å². The molecule has 1 fully saturated rings. The minimum Gasteiger partial charge on any atom is -0.406 e. The molecule has 19 heavy (non-hydrogen) atoms. The molecule has 2 unspecified atom stereocenters. The monoisotopic (exact) mass is 274 g/mol. The van der Waals surface area contributed by atoms with Crippen molar-refractivity contribution >= 4 is 5.69 Å². The summed E-state index contributed by atoms with van der Waals surface area (Å²) >= 11 is 0. The van der Waals surface area contributed by atoms with Crippen molar-refractivity contribution in [1.82, 2.24) is 0 Å². The molecule has 0 aromatic heterocycles. The van der Waals surface area contributed by atoms with E-state index in [1.165, 1.54) is 18.2 Å². The summed E-state index contributed by atoms with van der Waals surface area (Å²) in [6.07, 6.45) is -1.51. The lowest BCUT2D eigenvalue weighted by Gasteiger charge is -2.21. The Hall–Kier alpha value is -1.43. The largest absolute Gasteiger partial charge is 0.573 e. The first kappa shape index (κ1) is 14.0. The Kier molecular flexibility index (Phi) is 4.19. The molecule has 0 spiro atoms. The third-order valence-electron chi connectivity index (χ3n) is 3.38. The van der Waals surface area contributed by atoms with Gasteiger partial charge in [0, 0.05) is 17.8 Å². The van der Waals surface area contributed by atoms with Crippen LogP contribution in [-0.2, 0) is 0 Å². The molecule has 0 aliphatic heterocycles. The molecule has 1 aliphatic rings. The summed E-state index contributed by atoms with van der Waals surface area (Å²) in [5, 5.41) is 3.24. The molecule has 2 rings (SSSR count). The average molecular weight is 274 g/mol. The number of nitrogens with two attached hydrogens (primary N) is 1. The van der Waals surface area contributed by atoms with Gasteiger partial charge in [0.1, 0.15) is 5.75 Å². The zero-order chi connectivity index (χ0) is 13.9. The summed E-state index contributed by atoms with van der Waals surface area (Å²) in [7, 11) is 0. The molecule has 3 N–H and O–H groups in total. The van der Waals surface area contributed by atoms with E-state index in [0.29, 0.717) is 18.2 Å². The van der Waals surface area contributed by atoms with Crippen LogP contribution >= 0.6 is 0 Å². The Morgan fingerprint density at radius 2 is 2.11 bits per heavy atom. The van der Waals surface area contributed by atoms with Gasteiger partial charge in [-0.15, -0.1) is 13.2 Å². The van der Waals surface area contributed by atoms with Crippen LogP contribution in [0.4, 0.5) is 18.9 Å². The first-order chi connectivity index (χ1) is 8.98. The van der Waals surface area contributed by atoms with Crippen LogP contribution in [0.1, 0.15) is 19.3 Å². The van der Waals surface area contributed by atoms with Gasteiger partial charge >= 0.3 is 6.36 Å². The molecule has 1 saturated carbocycles. The van der Waals surface area contributed by atoms with E-state index < -0.39 is 6.36 Å². The van der Waals surface area contributed by atoms with Gasteiger partial charge in [-0.3, -0.25) is 0 Å². The molecule has 1 aliphatic carbocycles. The molecule has 3 nitrogen and oxygen atoms in total. The van der Waals surface area contributed by atoms with E-state index in [-0.39, 0.29) is 11.8 Å². The maximum Gasteiger partial charge on any atom is 0.573 e. The zero-order valence-corrected chi connectivity index (χ0v) is 10.4. The Bertz CT molecular complexity index is 423. The quantitative estimate of drug-likeness (QED) is 0.886. The van der Waals surface area contributed by atoms with E-state index in [1.54, 1.807) is 6.07 Å². The molecular weight excluding hydrogens is 257 g/mol. The third kappa shape index (κ3) is 4.02. The standard InChI is InChI=1S/C13H17F3N2O/c14-13(15,16)19-11-5-2-4-10(7-11)18-12-6-1-3-9(12)8-17/h2,4-5,7,9,12,18H,1,3,6,8,17H2. The van der Waals surface area contributed by atoms with Gasteiger partial charge in [0.05, 0.1) is 0 Å². The van der Waals surface area contributed by atoms with Crippen molar-refractivity contribution in [3.05, 3.63) is 24.3 Å². The summed E-state index contributed by atoms with van der Waals surface area (Å²) in [4.78, 5) is 0. The molecule has 106 valence electrons. The average Bonchev–Trinajstić information content (AvgIpc) is 2.74. The van der Waals surface area contributed by atoms with Crippen molar-refractivity contribution in [2.75, 3.05) is 11.9 Å². The van der Waals surface area contributed by atoms with Crippen molar-refractivity contribution in [3.8, 4) is 5.75 Å². The minimum absolute atomic E-state index is 0.209. The van der Waals surface area contributed by atoms with Gasteiger partial charge in [-0.25, -0.2) is 0 Å². The summed E-state index contributed by atoms with van der Waals surface area (Å²) in [5.74, 6) is 0.173. The van der Waals surface area contributed by atoms with Crippen molar-refractivity contribution in [2.24, 2.45) is 11.7 Å². The van der Waals surface area contributed by atoms with Gasteiger partial charge in [0.15, 0.2) is 0 Å². The van der Waals surface area contributed by atoms with Crippen LogP contribution in [0.5, 0.6) is 5.75 Å². The van der Waals surface area contributed by atoms with E-state index >= 15 is 0 Å². The van der Waals surface area contributed by atoms with E-state index in [1.807, 2.05) is 0 Å². The highest BCUT2D eigenvalue weighted by molar-refractivity contribution is 5.49. The number of rotatable bonds is 4. The highest BCUT2D eigenvalue weighted by atomic mass is 19.4. The summed E-state index contributed by atoms with van der Waals surface area (Å²) in [6, 6.07) is 6.14. The van der Waals surface area contributed by atoms with Crippen LogP contribution in [0.3, 0.4) is 0 Å². The fourth-order valence-electron chi connectivity index (χ4n) is 2.51.